The Hall–Kier alpha value is -2.96. The summed E-state index contributed by atoms with van der Waals surface area (Å²) in [7, 11) is 0. The first-order chi connectivity index (χ1) is 10.3. The van der Waals surface area contributed by atoms with Crippen molar-refractivity contribution < 1.29 is 9.21 Å². The van der Waals surface area contributed by atoms with E-state index in [9.17, 15) is 4.79 Å². The SMILES string of the molecule is CC(C(=O)N/N=C/c1ccco1)n1nnc2ccccc21. The molecule has 0 spiro atoms. The molecule has 3 rings (SSSR count). The standard InChI is InChI=1S/C14H13N5O2/c1-10(14(20)17-15-9-11-5-4-8-21-11)19-13-7-3-2-6-12(13)16-18-19/h2-10H,1H3,(H,17,20)/b15-9+. The van der Waals surface area contributed by atoms with E-state index in [0.29, 0.717) is 5.76 Å². The highest BCUT2D eigenvalue weighted by Crippen LogP contribution is 2.15. The number of hydrogen-bond acceptors (Lipinski definition) is 5. The number of furan rings is 1. The minimum Gasteiger partial charge on any atom is -0.463 e. The second kappa shape index (κ2) is 5.58. The maximum absolute atomic E-state index is 12.1. The lowest BCUT2D eigenvalue weighted by atomic mass is 10.3. The molecule has 2 heterocycles. The molecule has 106 valence electrons. The van der Waals surface area contributed by atoms with Gasteiger partial charge >= 0.3 is 0 Å². The highest BCUT2D eigenvalue weighted by molar-refractivity contribution is 5.84. The van der Waals surface area contributed by atoms with Crippen LogP contribution in [0.5, 0.6) is 0 Å². The van der Waals surface area contributed by atoms with Crippen LogP contribution in [0.25, 0.3) is 11.0 Å². The first-order valence-electron chi connectivity index (χ1n) is 6.42. The molecule has 7 nitrogen and oxygen atoms in total. The van der Waals surface area contributed by atoms with Crippen LogP contribution in [0.3, 0.4) is 0 Å². The molecular weight excluding hydrogens is 270 g/mol. The van der Waals surface area contributed by atoms with Gasteiger partial charge in [0.15, 0.2) is 0 Å². The van der Waals surface area contributed by atoms with Crippen molar-refractivity contribution in [3.8, 4) is 0 Å². The zero-order chi connectivity index (χ0) is 14.7. The Kier molecular flexibility index (Phi) is 3.46. The third-order valence-electron chi connectivity index (χ3n) is 3.03. The van der Waals surface area contributed by atoms with Gasteiger partial charge in [-0.25, -0.2) is 10.1 Å². The molecule has 0 saturated heterocycles. The Labute approximate surface area is 120 Å². The van der Waals surface area contributed by atoms with E-state index in [2.05, 4.69) is 20.8 Å². The van der Waals surface area contributed by atoms with Gasteiger partial charge in [0.25, 0.3) is 5.91 Å². The molecule has 7 heteroatoms. The zero-order valence-corrected chi connectivity index (χ0v) is 11.3. The number of benzene rings is 1. The van der Waals surface area contributed by atoms with Crippen molar-refractivity contribution in [3.05, 3.63) is 48.4 Å². The van der Waals surface area contributed by atoms with Crippen molar-refractivity contribution in [2.45, 2.75) is 13.0 Å². The Morgan fingerprint density at radius 2 is 2.24 bits per heavy atom. The lowest BCUT2D eigenvalue weighted by molar-refractivity contribution is -0.124. The van der Waals surface area contributed by atoms with E-state index in [1.54, 1.807) is 23.7 Å². The van der Waals surface area contributed by atoms with Gasteiger partial charge in [0, 0.05) is 0 Å². The maximum atomic E-state index is 12.1. The van der Waals surface area contributed by atoms with E-state index in [4.69, 9.17) is 4.42 Å². The number of nitrogens with zero attached hydrogens (tertiary/aromatic N) is 4. The van der Waals surface area contributed by atoms with E-state index in [-0.39, 0.29) is 5.91 Å². The number of para-hydroxylation sites is 1. The fourth-order valence-corrected chi connectivity index (χ4v) is 1.90. The molecule has 0 saturated carbocycles. The number of hydrogen-bond donors (Lipinski definition) is 1. The van der Waals surface area contributed by atoms with Crippen LogP contribution in [0.4, 0.5) is 0 Å². The normalized spacial score (nSPS) is 12.8. The predicted octanol–water partition coefficient (Wildman–Crippen LogP) is 1.74. The first kappa shape index (κ1) is 13.0. The molecule has 1 N–H and O–H groups in total. The van der Waals surface area contributed by atoms with Gasteiger partial charge < -0.3 is 4.42 Å². The highest BCUT2D eigenvalue weighted by Gasteiger charge is 2.18. The van der Waals surface area contributed by atoms with Gasteiger partial charge in [-0.3, -0.25) is 4.79 Å². The summed E-state index contributed by atoms with van der Waals surface area (Å²) in [6, 6.07) is 10.4. The largest absolute Gasteiger partial charge is 0.463 e. The predicted molar refractivity (Wildman–Crippen MR) is 76.7 cm³/mol. The van der Waals surface area contributed by atoms with Crippen molar-refractivity contribution >= 4 is 23.2 Å². The Bertz CT molecular complexity index is 776. The van der Waals surface area contributed by atoms with Gasteiger partial charge in [0.2, 0.25) is 0 Å². The second-order valence-corrected chi connectivity index (χ2v) is 4.45. The van der Waals surface area contributed by atoms with E-state index >= 15 is 0 Å². The van der Waals surface area contributed by atoms with Crippen molar-refractivity contribution in [2.24, 2.45) is 5.10 Å². The number of aromatic nitrogens is 3. The van der Waals surface area contributed by atoms with Crippen molar-refractivity contribution in [1.82, 2.24) is 20.4 Å². The third kappa shape index (κ3) is 2.66. The van der Waals surface area contributed by atoms with Crippen LogP contribution in [0.2, 0.25) is 0 Å². The van der Waals surface area contributed by atoms with Crippen molar-refractivity contribution in [3.63, 3.8) is 0 Å². The molecule has 1 amide bonds. The molecule has 0 fully saturated rings. The molecule has 3 aromatic rings. The molecule has 0 bridgehead atoms. The molecule has 0 aliphatic heterocycles. The van der Waals surface area contributed by atoms with Gasteiger partial charge in [0.05, 0.1) is 18.0 Å². The van der Waals surface area contributed by atoms with Gasteiger partial charge in [-0.05, 0) is 31.2 Å². The van der Waals surface area contributed by atoms with Crippen LogP contribution < -0.4 is 5.43 Å². The van der Waals surface area contributed by atoms with Crippen LogP contribution >= 0.6 is 0 Å². The summed E-state index contributed by atoms with van der Waals surface area (Å²) in [6.45, 7) is 1.73. The van der Waals surface area contributed by atoms with Gasteiger partial charge in [0.1, 0.15) is 17.3 Å². The van der Waals surface area contributed by atoms with E-state index in [1.807, 2.05) is 24.3 Å². The molecule has 0 radical (unpaired) electrons. The molecule has 0 aliphatic rings. The Balaban J connectivity index is 1.72. The minimum atomic E-state index is -0.522. The summed E-state index contributed by atoms with van der Waals surface area (Å²) >= 11 is 0. The number of amides is 1. The number of fused-ring (bicyclic) bond motifs is 1. The monoisotopic (exact) mass is 283 g/mol. The number of hydrazone groups is 1. The molecule has 0 aliphatic carbocycles. The summed E-state index contributed by atoms with van der Waals surface area (Å²) in [5, 5.41) is 11.9. The fraction of sp³-hybridized carbons (Fsp3) is 0.143. The summed E-state index contributed by atoms with van der Waals surface area (Å²) in [4.78, 5) is 12.1. The highest BCUT2D eigenvalue weighted by atomic mass is 16.3. The zero-order valence-electron chi connectivity index (χ0n) is 11.3. The van der Waals surface area contributed by atoms with Gasteiger partial charge in [-0.2, -0.15) is 5.10 Å². The maximum Gasteiger partial charge on any atom is 0.264 e. The van der Waals surface area contributed by atoms with E-state index < -0.39 is 6.04 Å². The number of carbonyl (C=O) groups is 1. The second-order valence-electron chi connectivity index (χ2n) is 4.45. The van der Waals surface area contributed by atoms with Crippen molar-refractivity contribution in [2.75, 3.05) is 0 Å². The molecule has 1 aromatic carbocycles. The third-order valence-corrected chi connectivity index (χ3v) is 3.03. The van der Waals surface area contributed by atoms with E-state index in [0.717, 1.165) is 11.0 Å². The van der Waals surface area contributed by atoms with Crippen LogP contribution in [-0.2, 0) is 4.79 Å². The lowest BCUT2D eigenvalue weighted by Gasteiger charge is -2.10. The van der Waals surface area contributed by atoms with Gasteiger partial charge in [-0.15, -0.1) is 5.10 Å². The average Bonchev–Trinajstić information content (AvgIpc) is 3.15. The smallest absolute Gasteiger partial charge is 0.264 e. The molecule has 21 heavy (non-hydrogen) atoms. The summed E-state index contributed by atoms with van der Waals surface area (Å²) in [5.74, 6) is 0.280. The van der Waals surface area contributed by atoms with Crippen LogP contribution in [-0.4, -0.2) is 27.1 Å². The quantitative estimate of drug-likeness (QED) is 0.583. The number of nitrogens with one attached hydrogen (secondary N) is 1. The average molecular weight is 283 g/mol. The Morgan fingerprint density at radius 3 is 3.05 bits per heavy atom. The molecule has 2 aromatic heterocycles. The Morgan fingerprint density at radius 1 is 1.38 bits per heavy atom. The van der Waals surface area contributed by atoms with Crippen LogP contribution in [0.1, 0.15) is 18.7 Å². The van der Waals surface area contributed by atoms with Crippen molar-refractivity contribution in [1.29, 1.82) is 0 Å². The first-order valence-corrected chi connectivity index (χ1v) is 6.42. The summed E-state index contributed by atoms with van der Waals surface area (Å²) < 4.78 is 6.64. The lowest BCUT2D eigenvalue weighted by Crippen LogP contribution is -2.28. The minimum absolute atomic E-state index is 0.284. The fourth-order valence-electron chi connectivity index (χ4n) is 1.90. The number of carbonyl (C=O) groups excluding carboxylic acids is 1. The summed E-state index contributed by atoms with van der Waals surface area (Å²) in [5.41, 5.74) is 4.00. The van der Waals surface area contributed by atoms with E-state index in [1.165, 1.54) is 12.5 Å². The van der Waals surface area contributed by atoms with Crippen LogP contribution in [0.15, 0.2) is 52.2 Å². The topological polar surface area (TPSA) is 85.3 Å². The van der Waals surface area contributed by atoms with Gasteiger partial charge in [-0.1, -0.05) is 17.3 Å². The molecule has 1 unspecified atom stereocenters. The molecular formula is C14H13N5O2. The number of rotatable bonds is 4. The van der Waals surface area contributed by atoms with Crippen LogP contribution in [0, 0.1) is 0 Å². The molecule has 1 atom stereocenters. The summed E-state index contributed by atoms with van der Waals surface area (Å²) in [6.07, 6.45) is 2.97.